The SMILES string of the molecule is NCC#Cc1ccc(OCc2ccc(F)c(F)c2)cc1. The van der Waals surface area contributed by atoms with Crippen molar-refractivity contribution in [1.82, 2.24) is 0 Å². The predicted molar refractivity (Wildman–Crippen MR) is 73.1 cm³/mol. The molecule has 20 heavy (non-hydrogen) atoms. The zero-order valence-electron chi connectivity index (χ0n) is 10.7. The zero-order valence-corrected chi connectivity index (χ0v) is 10.7. The summed E-state index contributed by atoms with van der Waals surface area (Å²) >= 11 is 0. The number of rotatable bonds is 3. The third-order valence-electron chi connectivity index (χ3n) is 2.58. The molecule has 0 unspecified atom stereocenters. The number of benzene rings is 2. The van der Waals surface area contributed by atoms with Crippen LogP contribution in [-0.4, -0.2) is 6.54 Å². The Morgan fingerprint density at radius 2 is 1.75 bits per heavy atom. The van der Waals surface area contributed by atoms with Crippen LogP contribution in [0.1, 0.15) is 11.1 Å². The van der Waals surface area contributed by atoms with Crippen LogP contribution in [0.3, 0.4) is 0 Å². The quantitative estimate of drug-likeness (QED) is 0.873. The fourth-order valence-electron chi connectivity index (χ4n) is 1.58. The minimum absolute atomic E-state index is 0.172. The lowest BCUT2D eigenvalue weighted by Crippen LogP contribution is -1.97. The molecule has 0 aliphatic heterocycles. The minimum Gasteiger partial charge on any atom is -0.489 e. The zero-order chi connectivity index (χ0) is 14.4. The van der Waals surface area contributed by atoms with Crippen LogP contribution in [0.2, 0.25) is 0 Å². The topological polar surface area (TPSA) is 35.2 Å². The average Bonchev–Trinajstić information content (AvgIpc) is 2.47. The molecule has 2 aromatic rings. The first-order valence-corrected chi connectivity index (χ1v) is 6.05. The Bertz CT molecular complexity index is 642. The highest BCUT2D eigenvalue weighted by molar-refractivity contribution is 5.38. The second kappa shape index (κ2) is 6.69. The first-order valence-electron chi connectivity index (χ1n) is 6.05. The molecule has 2 aromatic carbocycles. The van der Waals surface area contributed by atoms with Gasteiger partial charge in [0.15, 0.2) is 11.6 Å². The van der Waals surface area contributed by atoms with Crippen molar-refractivity contribution in [1.29, 1.82) is 0 Å². The van der Waals surface area contributed by atoms with Gasteiger partial charge in [0.2, 0.25) is 0 Å². The Morgan fingerprint density at radius 3 is 2.40 bits per heavy atom. The van der Waals surface area contributed by atoms with Crippen LogP contribution >= 0.6 is 0 Å². The van der Waals surface area contributed by atoms with Crippen molar-refractivity contribution in [2.45, 2.75) is 6.61 Å². The van der Waals surface area contributed by atoms with Crippen molar-refractivity contribution in [3.05, 3.63) is 65.2 Å². The van der Waals surface area contributed by atoms with Gasteiger partial charge in [-0.1, -0.05) is 17.9 Å². The smallest absolute Gasteiger partial charge is 0.159 e. The first kappa shape index (κ1) is 14.0. The van der Waals surface area contributed by atoms with E-state index in [0.29, 0.717) is 17.9 Å². The second-order valence-electron chi connectivity index (χ2n) is 4.07. The van der Waals surface area contributed by atoms with E-state index in [-0.39, 0.29) is 6.61 Å². The van der Waals surface area contributed by atoms with Gasteiger partial charge in [-0.25, -0.2) is 8.78 Å². The number of nitrogens with two attached hydrogens (primary N) is 1. The third kappa shape index (κ3) is 3.81. The summed E-state index contributed by atoms with van der Waals surface area (Å²) in [6.45, 7) is 0.486. The molecule has 0 aromatic heterocycles. The summed E-state index contributed by atoms with van der Waals surface area (Å²) in [7, 11) is 0. The van der Waals surface area contributed by atoms with Crippen LogP contribution in [0.5, 0.6) is 5.75 Å². The fraction of sp³-hybridized carbons (Fsp3) is 0.125. The summed E-state index contributed by atoms with van der Waals surface area (Å²) in [6, 6.07) is 10.8. The van der Waals surface area contributed by atoms with Crippen LogP contribution < -0.4 is 10.5 Å². The molecule has 0 aliphatic rings. The molecular formula is C16H13F2NO. The van der Waals surface area contributed by atoms with Crippen molar-refractivity contribution in [2.75, 3.05) is 6.54 Å². The summed E-state index contributed by atoms with van der Waals surface area (Å²) in [4.78, 5) is 0. The number of ether oxygens (including phenoxy) is 1. The van der Waals surface area contributed by atoms with Gasteiger partial charge in [0.05, 0.1) is 6.54 Å². The molecule has 0 atom stereocenters. The van der Waals surface area contributed by atoms with Crippen molar-refractivity contribution in [2.24, 2.45) is 5.73 Å². The van der Waals surface area contributed by atoms with E-state index in [4.69, 9.17) is 10.5 Å². The van der Waals surface area contributed by atoms with E-state index in [2.05, 4.69) is 11.8 Å². The molecule has 2 rings (SSSR count). The highest BCUT2D eigenvalue weighted by atomic mass is 19.2. The van der Waals surface area contributed by atoms with Gasteiger partial charge < -0.3 is 10.5 Å². The summed E-state index contributed by atoms with van der Waals surface area (Å²) in [5.74, 6) is 4.54. The second-order valence-corrected chi connectivity index (χ2v) is 4.07. The Balaban J connectivity index is 1.98. The maximum absolute atomic E-state index is 13.0. The number of halogens is 2. The van der Waals surface area contributed by atoms with Gasteiger partial charge in [0, 0.05) is 5.56 Å². The molecule has 0 saturated carbocycles. The Morgan fingerprint density at radius 1 is 1.00 bits per heavy atom. The van der Waals surface area contributed by atoms with E-state index < -0.39 is 11.6 Å². The summed E-state index contributed by atoms with van der Waals surface area (Å²) in [5, 5.41) is 0. The monoisotopic (exact) mass is 273 g/mol. The highest BCUT2D eigenvalue weighted by Gasteiger charge is 2.03. The molecule has 0 aliphatic carbocycles. The molecule has 102 valence electrons. The van der Waals surface area contributed by atoms with E-state index in [0.717, 1.165) is 17.7 Å². The first-order chi connectivity index (χ1) is 9.69. The van der Waals surface area contributed by atoms with E-state index in [1.54, 1.807) is 12.1 Å². The molecule has 0 heterocycles. The molecule has 0 saturated heterocycles. The number of hydrogen-bond donors (Lipinski definition) is 1. The Kier molecular flexibility index (Phi) is 4.70. The average molecular weight is 273 g/mol. The lowest BCUT2D eigenvalue weighted by molar-refractivity contribution is 0.305. The van der Waals surface area contributed by atoms with Gasteiger partial charge in [-0.15, -0.1) is 0 Å². The normalized spacial score (nSPS) is 9.75. The summed E-state index contributed by atoms with van der Waals surface area (Å²) < 4.78 is 31.3. The van der Waals surface area contributed by atoms with Crippen LogP contribution in [0, 0.1) is 23.5 Å². The molecule has 0 amide bonds. The molecule has 0 bridgehead atoms. The van der Waals surface area contributed by atoms with Gasteiger partial charge >= 0.3 is 0 Å². The predicted octanol–water partition coefficient (Wildman–Crippen LogP) is 2.85. The van der Waals surface area contributed by atoms with Crippen molar-refractivity contribution >= 4 is 0 Å². The summed E-state index contributed by atoms with van der Waals surface area (Å²) in [6.07, 6.45) is 0. The van der Waals surface area contributed by atoms with Gasteiger partial charge in [-0.3, -0.25) is 0 Å². The largest absolute Gasteiger partial charge is 0.489 e. The molecule has 2 N–H and O–H groups in total. The van der Waals surface area contributed by atoms with Crippen molar-refractivity contribution < 1.29 is 13.5 Å². The van der Waals surface area contributed by atoms with E-state index in [9.17, 15) is 8.78 Å². The third-order valence-corrected chi connectivity index (χ3v) is 2.58. The van der Waals surface area contributed by atoms with E-state index >= 15 is 0 Å². The Hall–Kier alpha value is -2.38. The van der Waals surface area contributed by atoms with Crippen LogP contribution in [0.15, 0.2) is 42.5 Å². The van der Waals surface area contributed by atoms with Crippen molar-refractivity contribution in [3.8, 4) is 17.6 Å². The van der Waals surface area contributed by atoms with Gasteiger partial charge in [0.25, 0.3) is 0 Å². The van der Waals surface area contributed by atoms with Crippen LogP contribution in [-0.2, 0) is 6.61 Å². The molecular weight excluding hydrogens is 260 g/mol. The standard InChI is InChI=1S/C16H13F2NO/c17-15-8-5-13(10-16(15)18)11-20-14-6-3-12(4-7-14)2-1-9-19/h3-8,10H,9,11,19H2. The van der Waals surface area contributed by atoms with Gasteiger partial charge in [-0.05, 0) is 42.0 Å². The Labute approximate surface area is 116 Å². The molecule has 4 heteroatoms. The maximum atomic E-state index is 13.0. The fourth-order valence-corrected chi connectivity index (χ4v) is 1.58. The van der Waals surface area contributed by atoms with Crippen molar-refractivity contribution in [3.63, 3.8) is 0 Å². The summed E-state index contributed by atoms with van der Waals surface area (Å²) in [5.41, 5.74) is 6.69. The molecule has 0 fully saturated rings. The molecule has 0 spiro atoms. The molecule has 0 radical (unpaired) electrons. The maximum Gasteiger partial charge on any atom is 0.159 e. The molecule has 2 nitrogen and oxygen atoms in total. The van der Waals surface area contributed by atoms with Crippen LogP contribution in [0.25, 0.3) is 0 Å². The lowest BCUT2D eigenvalue weighted by atomic mass is 10.2. The number of hydrogen-bond acceptors (Lipinski definition) is 2. The minimum atomic E-state index is -0.876. The lowest BCUT2D eigenvalue weighted by Gasteiger charge is -2.06. The van der Waals surface area contributed by atoms with Gasteiger partial charge in [-0.2, -0.15) is 0 Å². The highest BCUT2D eigenvalue weighted by Crippen LogP contribution is 2.15. The van der Waals surface area contributed by atoms with Crippen LogP contribution in [0.4, 0.5) is 8.78 Å². The van der Waals surface area contributed by atoms with E-state index in [1.807, 2.05) is 12.1 Å². The van der Waals surface area contributed by atoms with Gasteiger partial charge in [0.1, 0.15) is 12.4 Å². The van der Waals surface area contributed by atoms with E-state index in [1.165, 1.54) is 6.07 Å².